The minimum Gasteiger partial charge on any atom is -0.388 e. The number of hydrogen-bond donors (Lipinski definition) is 20. The molecule has 6 heterocycles. The molecule has 0 aromatic carbocycles. The Hall–Kier alpha value is -8.52. The van der Waals surface area contributed by atoms with Crippen LogP contribution in [0.15, 0.2) is 18.6 Å². The summed E-state index contributed by atoms with van der Waals surface area (Å²) in [6.45, 7) is 3.78. The summed E-state index contributed by atoms with van der Waals surface area (Å²) in [5, 5.41) is 137. The third-order valence-electron chi connectivity index (χ3n) is 16.8. The quantitative estimate of drug-likeness (QED) is 0.0108. The van der Waals surface area contributed by atoms with Crippen molar-refractivity contribution in [2.24, 2.45) is 5.84 Å². The smallest absolute Gasteiger partial charge is 0.243 e. The molecular formula is C60H98N20O25. The van der Waals surface area contributed by atoms with Crippen molar-refractivity contribution >= 4 is 59.1 Å². The Labute approximate surface area is 600 Å². The predicted molar refractivity (Wildman–Crippen MR) is 350 cm³/mol. The lowest BCUT2D eigenvalue weighted by molar-refractivity contribution is -0.293. The lowest BCUT2D eigenvalue weighted by Gasteiger charge is -2.38. The number of aliphatic hydroxyl groups is 9. The van der Waals surface area contributed by atoms with Crippen LogP contribution in [0.3, 0.4) is 0 Å². The molecule has 0 aliphatic carbocycles. The number of hydrazine groups is 1. The molecule has 588 valence electrons. The number of rotatable bonds is 43. The Morgan fingerprint density at radius 1 is 0.429 bits per heavy atom. The van der Waals surface area contributed by atoms with Crippen LogP contribution in [0.4, 0.5) is 0 Å². The molecule has 0 radical (unpaired) electrons. The van der Waals surface area contributed by atoms with E-state index in [2.05, 4.69) is 78.8 Å². The third-order valence-corrected chi connectivity index (χ3v) is 16.8. The molecule has 3 aliphatic heterocycles. The second-order valence-electron chi connectivity index (χ2n) is 25.1. The van der Waals surface area contributed by atoms with Crippen LogP contribution in [0, 0.1) is 0 Å². The monoisotopic (exact) mass is 1500 g/mol. The van der Waals surface area contributed by atoms with E-state index in [1.807, 2.05) is 5.43 Å². The Bertz CT molecular complexity index is 3290. The van der Waals surface area contributed by atoms with E-state index in [0.29, 0.717) is 30.7 Å². The summed E-state index contributed by atoms with van der Waals surface area (Å²) < 4.78 is 37.0. The largest absolute Gasteiger partial charge is 0.388 e. The number of aromatic nitrogens is 9. The van der Waals surface area contributed by atoms with E-state index in [1.165, 1.54) is 53.4 Å². The Balaban J connectivity index is 1.02. The van der Waals surface area contributed by atoms with Gasteiger partial charge in [0.2, 0.25) is 59.1 Å². The van der Waals surface area contributed by atoms with Gasteiger partial charge in [-0.2, -0.15) is 0 Å². The van der Waals surface area contributed by atoms with Gasteiger partial charge >= 0.3 is 0 Å². The zero-order valence-electron chi connectivity index (χ0n) is 58.3. The zero-order valence-corrected chi connectivity index (χ0v) is 58.3. The zero-order chi connectivity index (χ0) is 76.9. The molecule has 3 aromatic rings. The van der Waals surface area contributed by atoms with Crippen LogP contribution in [0.5, 0.6) is 0 Å². The molecule has 105 heavy (non-hydrogen) atoms. The summed E-state index contributed by atoms with van der Waals surface area (Å²) >= 11 is 0. The molecule has 3 unspecified atom stereocenters. The fraction of sp³-hybridized carbons (Fsp3) is 0.733. The van der Waals surface area contributed by atoms with Crippen LogP contribution in [0.1, 0.15) is 109 Å². The van der Waals surface area contributed by atoms with Crippen LogP contribution in [-0.4, -0.2) is 300 Å². The van der Waals surface area contributed by atoms with Crippen LogP contribution in [0.2, 0.25) is 0 Å². The summed E-state index contributed by atoms with van der Waals surface area (Å²) in [7, 11) is 0. The van der Waals surface area contributed by atoms with Gasteiger partial charge in [0.25, 0.3) is 0 Å². The molecule has 6 rings (SSSR count). The van der Waals surface area contributed by atoms with Crippen LogP contribution in [0.25, 0.3) is 0 Å². The van der Waals surface area contributed by atoms with E-state index in [0.717, 1.165) is 6.92 Å². The summed E-state index contributed by atoms with van der Waals surface area (Å²) in [6.07, 6.45) is -15.3. The van der Waals surface area contributed by atoms with Gasteiger partial charge < -0.3 is 122 Å². The van der Waals surface area contributed by atoms with Gasteiger partial charge in [0.1, 0.15) is 90.1 Å². The maximum Gasteiger partial charge on any atom is 0.243 e. The van der Waals surface area contributed by atoms with Gasteiger partial charge in [-0.05, 0) is 52.9 Å². The van der Waals surface area contributed by atoms with E-state index in [-0.39, 0.29) is 109 Å². The van der Waals surface area contributed by atoms with Crippen molar-refractivity contribution in [3.05, 3.63) is 35.7 Å². The highest BCUT2D eigenvalue weighted by atomic mass is 16.7. The molecule has 3 fully saturated rings. The third kappa shape index (κ3) is 28.4. The highest BCUT2D eigenvalue weighted by Crippen LogP contribution is 2.24. The number of carbonyl (C=O) groups excluding carboxylic acids is 10. The number of amides is 10. The highest BCUT2D eigenvalue weighted by molar-refractivity contribution is 5.95. The number of carbonyl (C=O) groups is 10. The van der Waals surface area contributed by atoms with E-state index >= 15 is 0 Å². The summed E-state index contributed by atoms with van der Waals surface area (Å²) in [5.74, 6) is -2.29. The SMILES string of the molecule is CC(=O)NC(CCC(=O)NCc1cn(CCO[C@@H]2O[C@@H](C)[C@@H](O)[C@@H](O)[C@@H]2O)nn1)C(=O)NCC(=O)NC(CCC(=O)NCc1cn(CCO[C@@H]2O[C@@H](C)[C@@H](O)[C@@H](O)[C@@H]2O)nn1)C(=O)NCC(=O)NC(CCC(=O)NCc1cn(CCO[C@@H]2O[C@@H](C)[C@@H](O)[C@@H](O)[C@@H]2O)nn1)C(=O)NCCCCCC(=O)NN. The van der Waals surface area contributed by atoms with Gasteiger partial charge in [-0.15, -0.1) is 15.3 Å². The number of nitrogens with two attached hydrogens (primary N) is 1. The van der Waals surface area contributed by atoms with Crippen LogP contribution >= 0.6 is 0 Å². The molecule has 3 saturated heterocycles. The lowest BCUT2D eigenvalue weighted by atomic mass is 10.0. The maximum atomic E-state index is 14.0. The second-order valence-corrected chi connectivity index (χ2v) is 25.1. The van der Waals surface area contributed by atoms with Crippen molar-refractivity contribution in [2.45, 2.75) is 241 Å². The molecule has 10 amide bonds. The van der Waals surface area contributed by atoms with Gasteiger partial charge in [-0.3, -0.25) is 53.4 Å². The van der Waals surface area contributed by atoms with E-state index in [1.54, 1.807) is 0 Å². The van der Waals surface area contributed by atoms with Gasteiger partial charge in [0, 0.05) is 39.2 Å². The first-order chi connectivity index (χ1) is 50.0. The first-order valence-electron chi connectivity index (χ1n) is 34.1. The molecular weight excluding hydrogens is 1400 g/mol. The molecule has 45 heteroatoms. The van der Waals surface area contributed by atoms with Gasteiger partial charge in [-0.25, -0.2) is 19.9 Å². The van der Waals surface area contributed by atoms with Crippen molar-refractivity contribution in [2.75, 3.05) is 39.5 Å². The van der Waals surface area contributed by atoms with Crippen molar-refractivity contribution in [3.63, 3.8) is 0 Å². The fourth-order valence-electron chi connectivity index (χ4n) is 10.6. The Kier molecular flexibility index (Phi) is 35.1. The van der Waals surface area contributed by atoms with Gasteiger partial charge in [0.15, 0.2) is 18.9 Å². The van der Waals surface area contributed by atoms with Gasteiger partial charge in [-0.1, -0.05) is 22.1 Å². The fourth-order valence-corrected chi connectivity index (χ4v) is 10.6. The Morgan fingerprint density at radius 2 is 0.762 bits per heavy atom. The van der Waals surface area contributed by atoms with Crippen molar-refractivity contribution in [1.29, 1.82) is 0 Å². The maximum absolute atomic E-state index is 14.0. The Morgan fingerprint density at radius 3 is 1.10 bits per heavy atom. The van der Waals surface area contributed by atoms with Crippen LogP contribution in [-0.2, 0) is 116 Å². The topological polar surface area (TPSA) is 647 Å². The molecule has 0 spiro atoms. The first kappa shape index (κ1) is 85.4. The summed E-state index contributed by atoms with van der Waals surface area (Å²) in [4.78, 5) is 132. The normalized spacial score (nSPS) is 25.3. The van der Waals surface area contributed by atoms with Crippen LogP contribution < -0.4 is 59.1 Å². The number of ether oxygens (including phenoxy) is 6. The summed E-state index contributed by atoms with van der Waals surface area (Å²) in [5.41, 5.74) is 2.92. The standard InChI is InChI=1S/C60H98N20O25/c1-30-46(88)49(91)52(94)58(103-30)100-19-16-78-27-34(72-75-78)22-63-40(82)12-9-37(68-33(4)81)56(98)66-25-45(87)70-39(11-14-42(84)65-24-36-29-80(77-74-36)18-21-102-60-54(96)51(93)48(90)32(3)105-60)57(99)67-26-44(86)69-38(55(97)62-15-7-5-6-8-43(85)71-61)10-13-41(83)64-23-35-28-79(76-73-35)17-20-101-59-53(95)50(92)47(89)31(2)104-59/h27-32,37-39,46-54,58-60,88-96H,5-26,61H2,1-4H3,(H,62,97)(H,63,82)(H,64,83)(H,65,84)(H,66,98)(H,67,99)(H,68,81)(H,69,86)(H,70,87)(H,71,85)/t30-,31-,32-,37?,38?,39?,46+,47+,48+,49+,50+,51+,52-,53-,54-,58+,59+,60+/m0/s1. The molecule has 18 atom stereocenters. The van der Waals surface area contributed by atoms with Crippen molar-refractivity contribution in [3.8, 4) is 0 Å². The molecule has 3 aromatic heterocycles. The minimum atomic E-state index is -1.59. The second kappa shape index (κ2) is 43.2. The first-order valence-corrected chi connectivity index (χ1v) is 34.1. The highest BCUT2D eigenvalue weighted by Gasteiger charge is 2.45. The van der Waals surface area contributed by atoms with Crippen molar-refractivity contribution < 1.29 is 122 Å². The van der Waals surface area contributed by atoms with E-state index < -0.39 is 189 Å². The van der Waals surface area contributed by atoms with Gasteiger partial charge in [0.05, 0.1) is 109 Å². The molecule has 0 bridgehead atoms. The average Bonchev–Trinajstić information content (AvgIpc) is 1.24. The van der Waals surface area contributed by atoms with Crippen molar-refractivity contribution in [1.82, 2.24) is 98.3 Å². The average molecular weight is 1500 g/mol. The minimum absolute atomic E-state index is 0.0466. The van der Waals surface area contributed by atoms with E-state index in [9.17, 15) is 93.9 Å². The lowest BCUT2D eigenvalue weighted by Crippen LogP contribution is -2.57. The molecule has 3 aliphatic rings. The molecule has 21 N–H and O–H groups in total. The number of unbranched alkanes of at least 4 members (excludes halogenated alkanes) is 2. The molecule has 45 nitrogen and oxygen atoms in total. The predicted octanol–water partition coefficient (Wildman–Crippen LogP) is -11.0. The number of aliphatic hydroxyl groups excluding tert-OH is 9. The number of nitrogens with zero attached hydrogens (tertiary/aromatic N) is 9. The van der Waals surface area contributed by atoms with E-state index in [4.69, 9.17) is 34.3 Å². The number of hydrogen-bond acceptors (Lipinski definition) is 32. The summed E-state index contributed by atoms with van der Waals surface area (Å²) in [6, 6.07) is -4.32. The number of nitrogens with one attached hydrogen (secondary N) is 10. The molecule has 0 saturated carbocycles.